The van der Waals surface area contributed by atoms with Crippen LogP contribution < -0.4 is 4.74 Å². The predicted molar refractivity (Wildman–Crippen MR) is 155 cm³/mol. The molecular formula is C30H28N6O9. The van der Waals surface area contributed by atoms with Crippen LogP contribution in [0.1, 0.15) is 29.1 Å². The highest BCUT2D eigenvalue weighted by Gasteiger charge is 2.48. The Labute approximate surface area is 254 Å². The number of aliphatic hydroxyl groups excluding tert-OH is 3. The van der Waals surface area contributed by atoms with E-state index in [1.807, 2.05) is 43.3 Å². The lowest BCUT2D eigenvalue weighted by Gasteiger charge is -2.37. The van der Waals surface area contributed by atoms with Crippen molar-refractivity contribution in [3.63, 3.8) is 0 Å². The fraction of sp³-hybridized carbons (Fsp3) is 0.267. The van der Waals surface area contributed by atoms with Crippen LogP contribution in [-0.2, 0) is 16.1 Å². The zero-order valence-electron chi connectivity index (χ0n) is 23.7. The van der Waals surface area contributed by atoms with E-state index in [-0.39, 0.29) is 11.4 Å². The largest absolute Gasteiger partial charge is 0.479 e. The predicted octanol–water partition coefficient (Wildman–Crippen LogP) is 1.57. The standard InChI is InChI=1S/C30H28N6O9/c1-2-44-30-31-20-9-5-8-19(28(40)41)21(20)35(30)14-15-10-12-16(13-11-15)17-6-3-4-7-18(17)26-32-34-36(33-26)27-24(39)22(37)23(38)25(45-27)29(42)43/h3-13,22-25,27,37-39H,2,14H2,1H3,(H,40,41)(H,42,43)/t22-,23-,24+,25-,27+/m0/s1. The summed E-state index contributed by atoms with van der Waals surface area (Å²) in [5, 5.41) is 62.0. The van der Waals surface area contributed by atoms with Gasteiger partial charge in [-0.05, 0) is 41.0 Å². The van der Waals surface area contributed by atoms with Gasteiger partial charge in [-0.15, -0.1) is 15.0 Å². The summed E-state index contributed by atoms with van der Waals surface area (Å²) in [5.74, 6) is -2.45. The first-order valence-corrected chi connectivity index (χ1v) is 13.9. The molecule has 15 nitrogen and oxygen atoms in total. The highest BCUT2D eigenvalue weighted by atomic mass is 16.6. The Kier molecular flexibility index (Phi) is 7.99. The molecule has 0 unspecified atom stereocenters. The van der Waals surface area contributed by atoms with Crippen LogP contribution in [0.2, 0.25) is 0 Å². The summed E-state index contributed by atoms with van der Waals surface area (Å²) in [6, 6.07) is 20.0. The lowest BCUT2D eigenvalue weighted by Crippen LogP contribution is -2.58. The van der Waals surface area contributed by atoms with Gasteiger partial charge in [0.2, 0.25) is 12.1 Å². The zero-order valence-corrected chi connectivity index (χ0v) is 23.7. The molecule has 45 heavy (non-hydrogen) atoms. The number of aromatic nitrogens is 6. The second-order valence-electron chi connectivity index (χ2n) is 10.3. The number of hydrogen-bond donors (Lipinski definition) is 5. The van der Waals surface area contributed by atoms with Gasteiger partial charge in [0, 0.05) is 5.56 Å². The van der Waals surface area contributed by atoms with Gasteiger partial charge in [0.1, 0.15) is 18.3 Å². The van der Waals surface area contributed by atoms with Crippen molar-refractivity contribution in [1.82, 2.24) is 29.8 Å². The molecule has 5 aromatic rings. The van der Waals surface area contributed by atoms with E-state index in [0.717, 1.165) is 21.5 Å². The summed E-state index contributed by atoms with van der Waals surface area (Å²) in [6.45, 7) is 2.48. The van der Waals surface area contributed by atoms with Crippen LogP contribution in [0.5, 0.6) is 6.01 Å². The van der Waals surface area contributed by atoms with E-state index in [1.165, 1.54) is 6.07 Å². The zero-order chi connectivity index (χ0) is 31.8. The molecule has 0 saturated carbocycles. The van der Waals surface area contributed by atoms with Crippen LogP contribution >= 0.6 is 0 Å². The number of carboxylic acid groups (broad SMARTS) is 2. The Hall–Kier alpha value is -5.22. The molecule has 0 amide bonds. The van der Waals surface area contributed by atoms with Gasteiger partial charge in [0.05, 0.1) is 29.7 Å². The monoisotopic (exact) mass is 616 g/mol. The van der Waals surface area contributed by atoms with E-state index in [1.54, 1.807) is 28.8 Å². The third kappa shape index (κ3) is 5.49. The summed E-state index contributed by atoms with van der Waals surface area (Å²) >= 11 is 0. The van der Waals surface area contributed by atoms with E-state index in [2.05, 4.69) is 20.4 Å². The second-order valence-corrected chi connectivity index (χ2v) is 10.3. The van der Waals surface area contributed by atoms with Crippen molar-refractivity contribution < 1.29 is 44.6 Å². The Morgan fingerprint density at radius 2 is 1.64 bits per heavy atom. The number of benzene rings is 3. The molecule has 1 aliphatic rings. The summed E-state index contributed by atoms with van der Waals surface area (Å²) in [5.41, 5.74) is 4.06. The lowest BCUT2D eigenvalue weighted by atomic mass is 9.98. The molecule has 2 aromatic heterocycles. The number of tetrazole rings is 1. The number of hydrogen-bond acceptors (Lipinski definition) is 11. The number of aliphatic carboxylic acids is 1. The molecule has 6 rings (SSSR count). The van der Waals surface area contributed by atoms with Crippen LogP contribution in [0.3, 0.4) is 0 Å². The number of imidazole rings is 1. The first kappa shape index (κ1) is 29.8. The molecule has 3 aromatic carbocycles. The molecule has 1 fully saturated rings. The smallest absolute Gasteiger partial charge is 0.337 e. The van der Waals surface area contributed by atoms with E-state index in [0.29, 0.717) is 35.8 Å². The first-order chi connectivity index (χ1) is 21.7. The molecule has 0 radical (unpaired) electrons. The SMILES string of the molecule is CCOc1nc2cccc(C(=O)O)c2n1Cc1ccc(-c2ccccc2-c2nnn([C@@H]3O[C@H](C(=O)O)[C@@H](O)[C@H](O)[C@H]3O)n2)cc1. The molecule has 15 heteroatoms. The van der Waals surface area contributed by atoms with Gasteiger partial charge in [0.25, 0.3) is 6.01 Å². The average molecular weight is 617 g/mol. The Morgan fingerprint density at radius 1 is 0.911 bits per heavy atom. The third-order valence-corrected chi connectivity index (χ3v) is 7.50. The van der Waals surface area contributed by atoms with Crippen molar-refractivity contribution >= 4 is 23.0 Å². The van der Waals surface area contributed by atoms with Gasteiger partial charge in [0.15, 0.2) is 6.10 Å². The number of rotatable bonds is 9. The van der Waals surface area contributed by atoms with Crippen molar-refractivity contribution in [2.24, 2.45) is 0 Å². The van der Waals surface area contributed by atoms with Gasteiger partial charge < -0.3 is 35.0 Å². The fourth-order valence-electron chi connectivity index (χ4n) is 5.32. The second kappa shape index (κ2) is 12.0. The maximum Gasteiger partial charge on any atom is 0.337 e. The third-order valence-electron chi connectivity index (χ3n) is 7.50. The molecule has 3 heterocycles. The van der Waals surface area contributed by atoms with Crippen molar-refractivity contribution in [3.8, 4) is 28.5 Å². The Morgan fingerprint density at radius 3 is 2.33 bits per heavy atom. The highest BCUT2D eigenvalue weighted by Crippen LogP contribution is 2.33. The summed E-state index contributed by atoms with van der Waals surface area (Å²) in [6.07, 6.45) is -8.71. The van der Waals surface area contributed by atoms with Crippen molar-refractivity contribution in [3.05, 3.63) is 77.9 Å². The number of ether oxygens (including phenoxy) is 2. The topological polar surface area (TPSA) is 215 Å². The number of carboxylic acids is 2. The van der Waals surface area contributed by atoms with Crippen molar-refractivity contribution in [2.45, 2.75) is 44.1 Å². The van der Waals surface area contributed by atoms with Gasteiger partial charge in [-0.1, -0.05) is 54.6 Å². The number of para-hydroxylation sites is 1. The van der Waals surface area contributed by atoms with Crippen LogP contribution in [0.4, 0.5) is 0 Å². The van der Waals surface area contributed by atoms with Gasteiger partial charge in [-0.25, -0.2) is 9.59 Å². The number of aliphatic hydroxyl groups is 3. The van der Waals surface area contributed by atoms with Crippen LogP contribution in [0.15, 0.2) is 66.7 Å². The number of nitrogens with zero attached hydrogens (tertiary/aromatic N) is 6. The van der Waals surface area contributed by atoms with Gasteiger partial charge >= 0.3 is 11.9 Å². The van der Waals surface area contributed by atoms with Gasteiger partial charge in [-0.2, -0.15) is 4.98 Å². The first-order valence-electron chi connectivity index (χ1n) is 13.9. The molecule has 0 aliphatic carbocycles. The lowest BCUT2D eigenvalue weighted by molar-refractivity contribution is -0.251. The van der Waals surface area contributed by atoms with E-state index >= 15 is 0 Å². The highest BCUT2D eigenvalue weighted by molar-refractivity contribution is 6.01. The molecule has 5 atom stereocenters. The molecule has 0 bridgehead atoms. The molecule has 1 saturated heterocycles. The summed E-state index contributed by atoms with van der Waals surface area (Å²) in [4.78, 5) is 28.8. The van der Waals surface area contributed by atoms with Crippen LogP contribution in [0, 0.1) is 0 Å². The fourth-order valence-corrected chi connectivity index (χ4v) is 5.32. The van der Waals surface area contributed by atoms with E-state index < -0.39 is 42.6 Å². The van der Waals surface area contributed by atoms with Crippen LogP contribution in [0.25, 0.3) is 33.5 Å². The minimum Gasteiger partial charge on any atom is -0.479 e. The Balaban J connectivity index is 1.29. The molecule has 232 valence electrons. The van der Waals surface area contributed by atoms with E-state index in [4.69, 9.17) is 9.47 Å². The van der Waals surface area contributed by atoms with Crippen molar-refractivity contribution in [1.29, 1.82) is 0 Å². The quantitative estimate of drug-likeness (QED) is 0.159. The number of carbonyl (C=O) groups is 2. The number of aromatic carboxylic acids is 1. The molecule has 1 aliphatic heterocycles. The minimum atomic E-state index is -1.85. The minimum absolute atomic E-state index is 0.118. The Bertz CT molecular complexity index is 1870. The van der Waals surface area contributed by atoms with Crippen molar-refractivity contribution in [2.75, 3.05) is 6.61 Å². The molecule has 0 spiro atoms. The van der Waals surface area contributed by atoms with E-state index in [9.17, 15) is 35.1 Å². The van der Waals surface area contributed by atoms with Gasteiger partial charge in [-0.3, -0.25) is 4.57 Å². The summed E-state index contributed by atoms with van der Waals surface area (Å²) in [7, 11) is 0. The average Bonchev–Trinajstić information content (AvgIpc) is 3.65. The molecular weight excluding hydrogens is 588 g/mol. The normalized spacial score (nSPS) is 21.6. The maximum absolute atomic E-state index is 12.0. The molecule has 5 N–H and O–H groups in total. The number of fused-ring (bicyclic) bond motifs is 1. The van der Waals surface area contributed by atoms with Crippen LogP contribution in [-0.4, -0.2) is 98.3 Å². The summed E-state index contributed by atoms with van der Waals surface area (Å²) < 4.78 is 12.8. The maximum atomic E-state index is 12.0.